The second-order valence-electron chi connectivity index (χ2n) is 1.35. The van der Waals surface area contributed by atoms with Crippen molar-refractivity contribution in [3.63, 3.8) is 0 Å². The third-order valence-corrected chi connectivity index (χ3v) is 0.759. The highest BCUT2D eigenvalue weighted by Crippen LogP contribution is 1.66. The molecule has 1 atom stereocenters. The van der Waals surface area contributed by atoms with Gasteiger partial charge in [-0.1, -0.05) is 6.82 Å². The van der Waals surface area contributed by atoms with Crippen LogP contribution in [0.1, 0.15) is 0 Å². The Morgan fingerprint density at radius 2 is 2.50 bits per heavy atom. The minimum Gasteiger partial charge on any atom is -0.396 e. The Balaban J connectivity index is 2.75. The van der Waals surface area contributed by atoms with E-state index in [9.17, 15) is 0 Å². The van der Waals surface area contributed by atoms with Crippen LogP contribution >= 0.6 is 0 Å². The Bertz CT molecular complexity index is 30.0. The molecule has 6 heavy (non-hydrogen) atoms. The Labute approximate surface area is 38.6 Å². The third-order valence-electron chi connectivity index (χ3n) is 0.759. The molecule has 3 heteroatoms. The van der Waals surface area contributed by atoms with E-state index < -0.39 is 0 Å². The second kappa shape index (κ2) is 3.19. The van der Waals surface area contributed by atoms with E-state index in [0.29, 0.717) is 0 Å². The van der Waals surface area contributed by atoms with Crippen LogP contribution in [0.5, 0.6) is 0 Å². The Kier molecular flexibility index (Phi) is 3.18. The average molecular weight is 86.9 g/mol. The zero-order valence-corrected chi connectivity index (χ0v) is 4.02. The first-order valence-corrected chi connectivity index (χ1v) is 2.17. The summed E-state index contributed by atoms with van der Waals surface area (Å²) >= 11 is 0. The summed E-state index contributed by atoms with van der Waals surface area (Å²) in [5.74, 6) is -0.00926. The van der Waals surface area contributed by atoms with E-state index in [1.54, 1.807) is 0 Å². The van der Waals surface area contributed by atoms with Gasteiger partial charge in [0.15, 0.2) is 0 Å². The van der Waals surface area contributed by atoms with Crippen LogP contribution < -0.4 is 5.73 Å². The summed E-state index contributed by atoms with van der Waals surface area (Å²) in [5, 5.41) is 8.21. The highest BCUT2D eigenvalue weighted by atomic mass is 16.3. The maximum absolute atomic E-state index is 8.21. The smallest absolute Gasteiger partial charge is 0.141 e. The monoisotopic (exact) mass is 87.1 g/mol. The van der Waals surface area contributed by atoms with Crippen molar-refractivity contribution in [1.82, 2.24) is 0 Å². The summed E-state index contributed by atoms with van der Waals surface area (Å²) in [4.78, 5) is 0. The van der Waals surface area contributed by atoms with Crippen molar-refractivity contribution in [3.8, 4) is 0 Å². The summed E-state index contributed by atoms with van der Waals surface area (Å²) in [6.07, 6.45) is 0. The van der Waals surface area contributed by atoms with Crippen LogP contribution in [0.3, 0.4) is 0 Å². The minimum atomic E-state index is -0.00926. The Morgan fingerprint density at radius 1 is 2.00 bits per heavy atom. The fourth-order valence-electron chi connectivity index (χ4n) is 0.129. The predicted octanol–water partition coefficient (Wildman–Crippen LogP) is -1.25. The van der Waals surface area contributed by atoms with Gasteiger partial charge in [0.25, 0.3) is 0 Å². The van der Waals surface area contributed by atoms with Gasteiger partial charge in [0.1, 0.15) is 7.28 Å². The number of aliphatic hydroxyl groups excluding tert-OH is 1. The van der Waals surface area contributed by atoms with Gasteiger partial charge in [-0.25, -0.2) is 0 Å². The van der Waals surface area contributed by atoms with E-state index in [2.05, 4.69) is 0 Å². The van der Waals surface area contributed by atoms with Crippen LogP contribution in [-0.2, 0) is 0 Å². The van der Waals surface area contributed by atoms with Gasteiger partial charge in [-0.2, -0.15) is 0 Å². The molecule has 0 unspecified atom stereocenters. The van der Waals surface area contributed by atoms with Crippen LogP contribution in [0.4, 0.5) is 0 Å². The molecule has 0 aromatic carbocycles. The van der Waals surface area contributed by atoms with Gasteiger partial charge >= 0.3 is 0 Å². The molecule has 0 saturated carbocycles. The first-order valence-electron chi connectivity index (χ1n) is 2.17. The molecule has 0 bridgehead atoms. The topological polar surface area (TPSA) is 46.2 Å². The number of hydrogen-bond acceptors (Lipinski definition) is 2. The van der Waals surface area contributed by atoms with Crippen molar-refractivity contribution >= 4 is 7.28 Å². The Hall–Kier alpha value is -0.0151. The number of aliphatic hydroxyl groups is 1. The lowest BCUT2D eigenvalue weighted by Gasteiger charge is -1.97. The predicted molar refractivity (Wildman–Crippen MR) is 28.1 cm³/mol. The van der Waals surface area contributed by atoms with E-state index >= 15 is 0 Å². The first-order chi connectivity index (χ1) is 2.81. The molecule has 0 radical (unpaired) electrons. The molecule has 0 aliphatic carbocycles. The normalized spacial score (nSPS) is 13.8. The second-order valence-corrected chi connectivity index (χ2v) is 1.35. The number of hydrogen-bond donors (Lipinski definition) is 2. The molecule has 0 saturated heterocycles. The molecular formula is C3H10BNO. The van der Waals surface area contributed by atoms with Gasteiger partial charge < -0.3 is 10.8 Å². The van der Waals surface area contributed by atoms with Crippen LogP contribution in [0, 0.1) is 0 Å². The summed E-state index contributed by atoms with van der Waals surface area (Å²) in [5.41, 5.74) is 5.22. The molecule has 0 fully saturated rings. The molecule has 2 nitrogen and oxygen atoms in total. The van der Waals surface area contributed by atoms with Gasteiger partial charge in [0.2, 0.25) is 0 Å². The summed E-state index contributed by atoms with van der Waals surface area (Å²) in [6, 6.07) is 0. The number of rotatable bonds is 2. The quantitative estimate of drug-likeness (QED) is 0.413. The van der Waals surface area contributed by atoms with E-state index in [1.807, 2.05) is 6.82 Å². The van der Waals surface area contributed by atoms with Crippen LogP contribution in [0.15, 0.2) is 0 Å². The standard InChI is InChI=1S/C3H10BNO/c1-4-3(5)2-6/h3-4,6H,2,5H2,1H3/t3-/m1/s1. The lowest BCUT2D eigenvalue weighted by Crippen LogP contribution is -2.29. The molecule has 0 aliphatic rings. The molecule has 0 amide bonds. The average Bonchev–Trinajstić information content (AvgIpc) is 1.65. The maximum Gasteiger partial charge on any atom is 0.141 e. The van der Waals surface area contributed by atoms with Crippen molar-refractivity contribution in [2.45, 2.75) is 12.8 Å². The third kappa shape index (κ3) is 2.24. The van der Waals surface area contributed by atoms with E-state index in [1.165, 1.54) is 0 Å². The van der Waals surface area contributed by atoms with Gasteiger partial charge in [-0.05, 0) is 5.94 Å². The van der Waals surface area contributed by atoms with E-state index in [4.69, 9.17) is 10.8 Å². The van der Waals surface area contributed by atoms with E-state index in [0.717, 1.165) is 7.28 Å². The molecule has 36 valence electrons. The zero-order chi connectivity index (χ0) is 4.99. The highest BCUT2D eigenvalue weighted by Gasteiger charge is 1.92. The van der Waals surface area contributed by atoms with Crippen molar-refractivity contribution < 1.29 is 5.11 Å². The first kappa shape index (κ1) is 5.98. The van der Waals surface area contributed by atoms with Gasteiger partial charge in [-0.3, -0.25) is 0 Å². The Morgan fingerprint density at radius 3 is 2.50 bits per heavy atom. The van der Waals surface area contributed by atoms with Gasteiger partial charge in [-0.15, -0.1) is 0 Å². The minimum absolute atomic E-state index is 0.00926. The largest absolute Gasteiger partial charge is 0.396 e. The molecule has 0 spiro atoms. The van der Waals surface area contributed by atoms with Crippen LogP contribution in [0.25, 0.3) is 0 Å². The number of nitrogens with two attached hydrogens (primary N) is 1. The maximum atomic E-state index is 8.21. The molecule has 0 aromatic heterocycles. The SMILES string of the molecule is CB[C@H](N)CO. The van der Waals surface area contributed by atoms with Crippen molar-refractivity contribution in [3.05, 3.63) is 0 Å². The zero-order valence-electron chi connectivity index (χ0n) is 4.02. The van der Waals surface area contributed by atoms with E-state index in [-0.39, 0.29) is 12.5 Å². The van der Waals surface area contributed by atoms with Crippen LogP contribution in [0.2, 0.25) is 6.82 Å². The molecule has 0 aliphatic heterocycles. The fourth-order valence-corrected chi connectivity index (χ4v) is 0.129. The van der Waals surface area contributed by atoms with Crippen LogP contribution in [-0.4, -0.2) is 24.9 Å². The molecule has 0 rings (SSSR count). The highest BCUT2D eigenvalue weighted by molar-refractivity contribution is 6.35. The fraction of sp³-hybridized carbons (Fsp3) is 1.00. The lowest BCUT2D eigenvalue weighted by atomic mass is 9.74. The van der Waals surface area contributed by atoms with Crippen molar-refractivity contribution in [2.24, 2.45) is 5.73 Å². The molecular weight excluding hydrogens is 76.9 g/mol. The van der Waals surface area contributed by atoms with Gasteiger partial charge in [0.05, 0.1) is 6.61 Å². The summed E-state index contributed by atoms with van der Waals surface area (Å²) in [6.45, 7) is 2.05. The summed E-state index contributed by atoms with van der Waals surface area (Å²) < 4.78 is 0. The molecule has 3 N–H and O–H groups in total. The lowest BCUT2D eigenvalue weighted by molar-refractivity contribution is 0.293. The van der Waals surface area contributed by atoms with Crippen molar-refractivity contribution in [1.29, 1.82) is 0 Å². The molecule has 0 heterocycles. The van der Waals surface area contributed by atoms with Gasteiger partial charge in [0, 0.05) is 0 Å². The molecule has 0 aromatic rings. The summed E-state index contributed by atoms with van der Waals surface area (Å²) in [7, 11) is 0.858. The van der Waals surface area contributed by atoms with Crippen molar-refractivity contribution in [2.75, 3.05) is 6.61 Å².